The summed E-state index contributed by atoms with van der Waals surface area (Å²) >= 11 is 5.95. The number of imidazole rings is 1. The smallest absolute Gasteiger partial charge is 0.128 e. The van der Waals surface area contributed by atoms with E-state index in [0.29, 0.717) is 11.1 Å². The number of rotatable bonds is 5. The first-order valence-electron chi connectivity index (χ1n) is 6.53. The summed E-state index contributed by atoms with van der Waals surface area (Å²) in [6.45, 7) is 5.97. The Bertz CT molecular complexity index is 529. The third-order valence-electron chi connectivity index (χ3n) is 3.29. The number of nitrogens with zero attached hydrogens (tertiary/aromatic N) is 2. The predicted octanol–water partition coefficient (Wildman–Crippen LogP) is 3.49. The van der Waals surface area contributed by atoms with Crippen molar-refractivity contribution in [2.75, 3.05) is 0 Å². The lowest BCUT2D eigenvalue weighted by Crippen LogP contribution is -2.15. The lowest BCUT2D eigenvalue weighted by atomic mass is 10.0. The summed E-state index contributed by atoms with van der Waals surface area (Å²) in [6, 6.07) is 8.74. The molecule has 0 fully saturated rings. The van der Waals surface area contributed by atoms with Gasteiger partial charge in [-0.25, -0.2) is 4.98 Å². The van der Waals surface area contributed by atoms with Gasteiger partial charge in [0.2, 0.25) is 0 Å². The van der Waals surface area contributed by atoms with Gasteiger partial charge >= 0.3 is 0 Å². The minimum absolute atomic E-state index is 0.580. The van der Waals surface area contributed by atoms with Crippen molar-refractivity contribution in [3.8, 4) is 0 Å². The van der Waals surface area contributed by atoms with Gasteiger partial charge in [0.1, 0.15) is 11.0 Å². The van der Waals surface area contributed by atoms with Crippen LogP contribution in [-0.4, -0.2) is 9.55 Å². The van der Waals surface area contributed by atoms with Crippen molar-refractivity contribution < 1.29 is 0 Å². The number of benzene rings is 1. The molecule has 1 heterocycles. The fraction of sp³-hybridized carbons (Fsp3) is 0.400. The van der Waals surface area contributed by atoms with E-state index in [2.05, 4.69) is 48.4 Å². The topological polar surface area (TPSA) is 29.9 Å². The monoisotopic (exact) mass is 277 g/mol. The van der Waals surface area contributed by atoms with Crippen molar-refractivity contribution in [1.82, 2.24) is 14.9 Å². The van der Waals surface area contributed by atoms with Crippen molar-refractivity contribution in [1.29, 1.82) is 0 Å². The summed E-state index contributed by atoms with van der Waals surface area (Å²) in [5.74, 6) is 1.53. The van der Waals surface area contributed by atoms with E-state index in [0.717, 1.165) is 18.9 Å². The highest BCUT2D eigenvalue weighted by atomic mass is 35.5. The minimum atomic E-state index is 0.580. The molecular weight excluding hydrogens is 258 g/mol. The van der Waals surface area contributed by atoms with Crippen LogP contribution in [0.25, 0.3) is 0 Å². The van der Waals surface area contributed by atoms with Gasteiger partial charge < -0.3 is 9.88 Å². The van der Waals surface area contributed by atoms with Crippen molar-refractivity contribution in [3.63, 3.8) is 0 Å². The fourth-order valence-electron chi connectivity index (χ4n) is 1.93. The van der Waals surface area contributed by atoms with E-state index in [-0.39, 0.29) is 0 Å². The number of halogens is 1. The molecule has 0 spiro atoms. The second-order valence-corrected chi connectivity index (χ2v) is 5.44. The second-order valence-electron chi connectivity index (χ2n) is 5.06. The number of hydrogen-bond acceptors (Lipinski definition) is 2. The molecular formula is C15H20ClN3. The first kappa shape index (κ1) is 14.1. The second kappa shape index (κ2) is 6.22. The zero-order valence-electron chi connectivity index (χ0n) is 11.7. The Balaban J connectivity index is 1.87. The van der Waals surface area contributed by atoms with Crippen LogP contribution in [0.2, 0.25) is 5.15 Å². The van der Waals surface area contributed by atoms with Crippen LogP contribution in [0.3, 0.4) is 0 Å². The Morgan fingerprint density at radius 2 is 1.89 bits per heavy atom. The van der Waals surface area contributed by atoms with Gasteiger partial charge in [-0.15, -0.1) is 0 Å². The maximum absolute atomic E-state index is 5.95. The lowest BCUT2D eigenvalue weighted by Gasteiger charge is -2.08. The number of nitrogens with one attached hydrogen (secondary N) is 1. The van der Waals surface area contributed by atoms with Gasteiger partial charge in [-0.05, 0) is 17.0 Å². The Morgan fingerprint density at radius 3 is 2.42 bits per heavy atom. The van der Waals surface area contributed by atoms with E-state index in [4.69, 9.17) is 11.6 Å². The van der Waals surface area contributed by atoms with Gasteiger partial charge in [0.15, 0.2) is 0 Å². The molecule has 0 aliphatic rings. The molecule has 1 N–H and O–H groups in total. The minimum Gasteiger partial charge on any atom is -0.321 e. The highest BCUT2D eigenvalue weighted by Gasteiger charge is 2.04. The fourth-order valence-corrected chi connectivity index (χ4v) is 2.07. The molecule has 1 aromatic heterocycles. The van der Waals surface area contributed by atoms with E-state index >= 15 is 0 Å². The van der Waals surface area contributed by atoms with Crippen LogP contribution in [0, 0.1) is 0 Å². The zero-order valence-corrected chi connectivity index (χ0v) is 12.4. The molecule has 102 valence electrons. The van der Waals surface area contributed by atoms with E-state index < -0.39 is 0 Å². The van der Waals surface area contributed by atoms with Crippen molar-refractivity contribution >= 4 is 11.6 Å². The lowest BCUT2D eigenvalue weighted by molar-refractivity contribution is 0.639. The summed E-state index contributed by atoms with van der Waals surface area (Å²) in [5.41, 5.74) is 2.66. The van der Waals surface area contributed by atoms with Gasteiger partial charge in [0.25, 0.3) is 0 Å². The summed E-state index contributed by atoms with van der Waals surface area (Å²) in [6.07, 6.45) is 1.68. The summed E-state index contributed by atoms with van der Waals surface area (Å²) in [5, 5.41) is 4.04. The van der Waals surface area contributed by atoms with Crippen molar-refractivity contribution in [2.45, 2.75) is 32.9 Å². The quantitative estimate of drug-likeness (QED) is 0.907. The van der Waals surface area contributed by atoms with Crippen LogP contribution in [0.4, 0.5) is 0 Å². The first-order valence-corrected chi connectivity index (χ1v) is 6.91. The molecule has 0 atom stereocenters. The van der Waals surface area contributed by atoms with E-state index in [9.17, 15) is 0 Å². The molecule has 0 bridgehead atoms. The molecule has 0 radical (unpaired) electrons. The average Bonchev–Trinajstić information content (AvgIpc) is 2.71. The molecule has 3 nitrogen and oxygen atoms in total. The molecule has 0 aliphatic heterocycles. The van der Waals surface area contributed by atoms with Gasteiger partial charge in [0, 0.05) is 13.6 Å². The van der Waals surface area contributed by atoms with Gasteiger partial charge in [-0.2, -0.15) is 0 Å². The van der Waals surface area contributed by atoms with E-state index in [1.165, 1.54) is 11.1 Å². The van der Waals surface area contributed by atoms with Gasteiger partial charge in [-0.3, -0.25) is 0 Å². The SMILES string of the molecule is CC(C)c1ccc(CNCc2ncc(Cl)n2C)cc1. The summed E-state index contributed by atoms with van der Waals surface area (Å²) < 4.78 is 1.89. The molecule has 0 unspecified atom stereocenters. The predicted molar refractivity (Wildman–Crippen MR) is 79.3 cm³/mol. The molecule has 0 aliphatic carbocycles. The maximum Gasteiger partial charge on any atom is 0.128 e. The normalized spacial score (nSPS) is 11.2. The van der Waals surface area contributed by atoms with Crippen LogP contribution in [0.1, 0.15) is 36.7 Å². The standard InChI is InChI=1S/C15H20ClN3/c1-11(2)13-6-4-12(5-7-13)8-17-10-15-18-9-14(16)19(15)3/h4-7,9,11,17H,8,10H2,1-3H3. The van der Waals surface area contributed by atoms with Crippen LogP contribution in [0.15, 0.2) is 30.5 Å². The first-order chi connectivity index (χ1) is 9.08. The number of aromatic nitrogens is 2. The molecule has 2 aromatic rings. The molecule has 0 saturated carbocycles. The third kappa shape index (κ3) is 3.58. The Labute approximate surface area is 119 Å². The van der Waals surface area contributed by atoms with Gasteiger partial charge in [0.05, 0.1) is 12.7 Å². The molecule has 4 heteroatoms. The highest BCUT2D eigenvalue weighted by molar-refractivity contribution is 6.29. The van der Waals surface area contributed by atoms with E-state index in [1.54, 1.807) is 6.20 Å². The Morgan fingerprint density at radius 1 is 1.21 bits per heavy atom. The maximum atomic E-state index is 5.95. The van der Waals surface area contributed by atoms with E-state index in [1.807, 2.05) is 11.6 Å². The largest absolute Gasteiger partial charge is 0.321 e. The molecule has 0 amide bonds. The molecule has 19 heavy (non-hydrogen) atoms. The zero-order chi connectivity index (χ0) is 13.8. The van der Waals surface area contributed by atoms with Crippen LogP contribution in [-0.2, 0) is 20.1 Å². The average molecular weight is 278 g/mol. The van der Waals surface area contributed by atoms with Crippen LogP contribution < -0.4 is 5.32 Å². The molecule has 0 saturated heterocycles. The summed E-state index contributed by atoms with van der Waals surface area (Å²) in [7, 11) is 1.92. The Hall–Kier alpha value is -1.32. The van der Waals surface area contributed by atoms with Crippen molar-refractivity contribution in [3.05, 3.63) is 52.6 Å². The van der Waals surface area contributed by atoms with Crippen molar-refractivity contribution in [2.24, 2.45) is 7.05 Å². The van der Waals surface area contributed by atoms with Gasteiger partial charge in [-0.1, -0.05) is 49.7 Å². The Kier molecular flexibility index (Phi) is 4.61. The summed E-state index contributed by atoms with van der Waals surface area (Å²) in [4.78, 5) is 4.25. The number of hydrogen-bond donors (Lipinski definition) is 1. The molecule has 1 aromatic carbocycles. The molecule has 2 rings (SSSR count). The third-order valence-corrected chi connectivity index (χ3v) is 3.64. The van der Waals surface area contributed by atoms with Crippen LogP contribution in [0.5, 0.6) is 0 Å². The van der Waals surface area contributed by atoms with Crippen LogP contribution >= 0.6 is 11.6 Å². The highest BCUT2D eigenvalue weighted by Crippen LogP contribution is 2.14.